The standard InChI is InChI=1S/C13H22N2O3/c1-2-11-6-8-15(9-7-11)13(16)14-18-12-5-3-4-10-17-12/h2,11-12H,1,3-10H2,(H,14,16)/t12-/m1/s1. The number of hydrogen-bond donors (Lipinski definition) is 1. The number of carbonyl (C=O) groups is 1. The third-order valence-electron chi connectivity index (χ3n) is 3.58. The molecule has 0 aromatic carbocycles. The summed E-state index contributed by atoms with van der Waals surface area (Å²) in [6.45, 7) is 6.03. The van der Waals surface area contributed by atoms with Crippen molar-refractivity contribution < 1.29 is 14.4 Å². The monoisotopic (exact) mass is 254 g/mol. The van der Waals surface area contributed by atoms with Crippen LogP contribution in [0, 0.1) is 5.92 Å². The summed E-state index contributed by atoms with van der Waals surface area (Å²) in [6, 6.07) is -0.160. The van der Waals surface area contributed by atoms with E-state index in [1.54, 1.807) is 4.90 Å². The van der Waals surface area contributed by atoms with Gasteiger partial charge < -0.3 is 9.64 Å². The smallest absolute Gasteiger partial charge is 0.341 e. The molecule has 0 radical (unpaired) electrons. The molecule has 0 unspecified atom stereocenters. The Morgan fingerprint density at radius 1 is 1.33 bits per heavy atom. The fraction of sp³-hybridized carbons (Fsp3) is 0.769. The van der Waals surface area contributed by atoms with E-state index in [4.69, 9.17) is 9.57 Å². The molecule has 0 saturated carbocycles. The zero-order valence-corrected chi connectivity index (χ0v) is 10.8. The predicted molar refractivity (Wildman–Crippen MR) is 67.7 cm³/mol. The first-order valence-electron chi connectivity index (χ1n) is 6.74. The van der Waals surface area contributed by atoms with Gasteiger partial charge in [0.2, 0.25) is 0 Å². The van der Waals surface area contributed by atoms with Crippen molar-refractivity contribution in [2.24, 2.45) is 5.92 Å². The van der Waals surface area contributed by atoms with Gasteiger partial charge in [-0.3, -0.25) is 0 Å². The molecule has 2 rings (SSSR count). The first-order valence-corrected chi connectivity index (χ1v) is 6.74. The Morgan fingerprint density at radius 2 is 2.11 bits per heavy atom. The van der Waals surface area contributed by atoms with E-state index < -0.39 is 0 Å². The van der Waals surface area contributed by atoms with Crippen LogP contribution in [0.1, 0.15) is 32.1 Å². The second-order valence-electron chi connectivity index (χ2n) is 4.88. The summed E-state index contributed by atoms with van der Waals surface area (Å²) in [7, 11) is 0. The number of urea groups is 1. The molecule has 5 heteroatoms. The molecular weight excluding hydrogens is 232 g/mol. The van der Waals surface area contributed by atoms with Crippen LogP contribution >= 0.6 is 0 Å². The molecule has 2 saturated heterocycles. The highest BCUT2D eigenvalue weighted by Crippen LogP contribution is 2.18. The molecule has 2 amide bonds. The zero-order chi connectivity index (χ0) is 12.8. The lowest BCUT2D eigenvalue weighted by atomic mass is 9.97. The van der Waals surface area contributed by atoms with Crippen molar-refractivity contribution in [2.45, 2.75) is 38.4 Å². The van der Waals surface area contributed by atoms with Crippen LogP contribution in [0.25, 0.3) is 0 Å². The molecule has 2 aliphatic rings. The average Bonchev–Trinajstić information content (AvgIpc) is 2.46. The van der Waals surface area contributed by atoms with Crippen LogP contribution in [0.5, 0.6) is 0 Å². The van der Waals surface area contributed by atoms with Gasteiger partial charge in [-0.05, 0) is 31.6 Å². The van der Waals surface area contributed by atoms with E-state index in [9.17, 15) is 4.79 Å². The highest BCUT2D eigenvalue weighted by Gasteiger charge is 2.22. The largest absolute Gasteiger partial charge is 0.350 e. The Morgan fingerprint density at radius 3 is 2.72 bits per heavy atom. The van der Waals surface area contributed by atoms with Gasteiger partial charge in [-0.15, -0.1) is 6.58 Å². The highest BCUT2D eigenvalue weighted by atomic mass is 16.8. The quantitative estimate of drug-likeness (QED) is 0.619. The molecule has 0 spiro atoms. The third-order valence-corrected chi connectivity index (χ3v) is 3.58. The molecule has 0 aromatic rings. The van der Waals surface area contributed by atoms with Crippen molar-refractivity contribution in [2.75, 3.05) is 19.7 Å². The van der Waals surface area contributed by atoms with Crippen molar-refractivity contribution in [1.82, 2.24) is 10.4 Å². The highest BCUT2D eigenvalue weighted by molar-refractivity contribution is 5.73. The van der Waals surface area contributed by atoms with Gasteiger partial charge in [0.25, 0.3) is 0 Å². The molecule has 2 aliphatic heterocycles. The number of amides is 2. The van der Waals surface area contributed by atoms with Gasteiger partial charge in [0.1, 0.15) is 0 Å². The van der Waals surface area contributed by atoms with E-state index in [-0.39, 0.29) is 12.3 Å². The first-order chi connectivity index (χ1) is 8.79. The second kappa shape index (κ2) is 6.75. The lowest BCUT2D eigenvalue weighted by molar-refractivity contribution is -0.187. The molecule has 2 fully saturated rings. The number of allylic oxidation sites excluding steroid dienone is 1. The minimum absolute atomic E-state index is 0.160. The van der Waals surface area contributed by atoms with Crippen molar-refractivity contribution in [3.05, 3.63) is 12.7 Å². The maximum Gasteiger partial charge on any atom is 0.341 e. The Hall–Kier alpha value is -1.07. The van der Waals surface area contributed by atoms with Crippen LogP contribution in [0.15, 0.2) is 12.7 Å². The van der Waals surface area contributed by atoms with E-state index in [1.165, 1.54) is 0 Å². The Labute approximate surface area is 108 Å². The van der Waals surface area contributed by atoms with Crippen molar-refractivity contribution >= 4 is 6.03 Å². The Bertz CT molecular complexity index is 282. The SMILES string of the molecule is C=CC1CCN(C(=O)NO[C@@H]2CCCCO2)CC1. The third kappa shape index (κ3) is 3.71. The fourth-order valence-corrected chi connectivity index (χ4v) is 2.32. The number of hydroxylamine groups is 1. The second-order valence-corrected chi connectivity index (χ2v) is 4.88. The van der Waals surface area contributed by atoms with Crippen LogP contribution in [-0.2, 0) is 9.57 Å². The van der Waals surface area contributed by atoms with Gasteiger partial charge in [0.15, 0.2) is 6.29 Å². The number of ether oxygens (including phenoxy) is 1. The van der Waals surface area contributed by atoms with Gasteiger partial charge in [0.05, 0.1) is 0 Å². The number of rotatable bonds is 3. The maximum absolute atomic E-state index is 11.8. The fourth-order valence-electron chi connectivity index (χ4n) is 2.32. The summed E-state index contributed by atoms with van der Waals surface area (Å²) in [5.74, 6) is 0.539. The summed E-state index contributed by atoms with van der Waals surface area (Å²) in [6.07, 6.45) is 6.66. The molecular formula is C13H22N2O3. The number of likely N-dealkylation sites (tertiary alicyclic amines) is 1. The van der Waals surface area contributed by atoms with Gasteiger partial charge >= 0.3 is 6.03 Å². The first kappa shape index (κ1) is 13.4. The number of piperidine rings is 1. The molecule has 18 heavy (non-hydrogen) atoms. The average molecular weight is 254 g/mol. The lowest BCUT2D eigenvalue weighted by Crippen LogP contribution is -2.45. The van der Waals surface area contributed by atoms with Gasteiger partial charge in [-0.2, -0.15) is 0 Å². The lowest BCUT2D eigenvalue weighted by Gasteiger charge is -2.31. The van der Waals surface area contributed by atoms with Crippen molar-refractivity contribution in [3.63, 3.8) is 0 Å². The number of carbonyl (C=O) groups excluding carboxylic acids is 1. The normalized spacial score (nSPS) is 25.8. The summed E-state index contributed by atoms with van der Waals surface area (Å²) in [4.78, 5) is 18.9. The van der Waals surface area contributed by atoms with E-state index in [0.717, 1.165) is 45.2 Å². The van der Waals surface area contributed by atoms with E-state index in [1.807, 2.05) is 6.08 Å². The van der Waals surface area contributed by atoms with Crippen LogP contribution in [0.4, 0.5) is 4.79 Å². The topological polar surface area (TPSA) is 50.8 Å². The molecule has 2 heterocycles. The summed E-state index contributed by atoms with van der Waals surface area (Å²) >= 11 is 0. The summed E-state index contributed by atoms with van der Waals surface area (Å²) in [5.41, 5.74) is 2.49. The molecule has 1 atom stereocenters. The molecule has 1 N–H and O–H groups in total. The molecule has 0 aromatic heterocycles. The Kier molecular flexibility index (Phi) is 5.01. The van der Waals surface area contributed by atoms with Crippen LogP contribution in [-0.4, -0.2) is 36.9 Å². The van der Waals surface area contributed by atoms with E-state index in [0.29, 0.717) is 12.5 Å². The van der Waals surface area contributed by atoms with Gasteiger partial charge in [-0.1, -0.05) is 6.08 Å². The predicted octanol–water partition coefficient (Wildman–Crippen LogP) is 2.05. The van der Waals surface area contributed by atoms with Crippen LogP contribution < -0.4 is 5.48 Å². The molecule has 0 aliphatic carbocycles. The molecule has 5 nitrogen and oxygen atoms in total. The Balaban J connectivity index is 1.66. The molecule has 0 bridgehead atoms. The minimum Gasteiger partial charge on any atom is -0.350 e. The summed E-state index contributed by atoms with van der Waals surface area (Å²) in [5, 5.41) is 0. The molecule has 102 valence electrons. The van der Waals surface area contributed by atoms with Gasteiger partial charge in [0, 0.05) is 26.1 Å². The number of hydrogen-bond acceptors (Lipinski definition) is 3. The van der Waals surface area contributed by atoms with E-state index >= 15 is 0 Å². The number of nitrogens with one attached hydrogen (secondary N) is 1. The number of nitrogens with zero attached hydrogens (tertiary/aromatic N) is 1. The van der Waals surface area contributed by atoms with E-state index in [2.05, 4.69) is 12.1 Å². The minimum atomic E-state index is -0.284. The van der Waals surface area contributed by atoms with Crippen molar-refractivity contribution in [1.29, 1.82) is 0 Å². The van der Waals surface area contributed by atoms with Crippen LogP contribution in [0.2, 0.25) is 0 Å². The van der Waals surface area contributed by atoms with Crippen molar-refractivity contribution in [3.8, 4) is 0 Å². The maximum atomic E-state index is 11.8. The van der Waals surface area contributed by atoms with Crippen LogP contribution in [0.3, 0.4) is 0 Å². The summed E-state index contributed by atoms with van der Waals surface area (Å²) < 4.78 is 5.38. The zero-order valence-electron chi connectivity index (χ0n) is 10.8. The van der Waals surface area contributed by atoms with Gasteiger partial charge in [-0.25, -0.2) is 15.1 Å².